The lowest BCUT2D eigenvalue weighted by Gasteiger charge is -2.26. The van der Waals surface area contributed by atoms with Gasteiger partial charge in [-0.3, -0.25) is 9.59 Å². The maximum atomic E-state index is 13.1. The third-order valence-corrected chi connectivity index (χ3v) is 5.66. The Labute approximate surface area is 198 Å². The summed E-state index contributed by atoms with van der Waals surface area (Å²) >= 11 is 6.05. The number of benzene rings is 2. The maximum absolute atomic E-state index is 13.1. The van der Waals surface area contributed by atoms with E-state index >= 15 is 0 Å². The molecule has 1 aliphatic heterocycles. The molecule has 1 atom stereocenters. The number of halogens is 1. The molecule has 7 nitrogen and oxygen atoms in total. The summed E-state index contributed by atoms with van der Waals surface area (Å²) in [5.74, 6) is -1.50. The summed E-state index contributed by atoms with van der Waals surface area (Å²) < 4.78 is 5.64. The molecule has 0 bridgehead atoms. The molecular formula is C25H29ClN2O5. The van der Waals surface area contributed by atoms with Crippen molar-refractivity contribution in [2.24, 2.45) is 0 Å². The summed E-state index contributed by atoms with van der Waals surface area (Å²) in [6.45, 7) is 3.66. The average Bonchev–Trinajstić information content (AvgIpc) is 3.04. The largest absolute Gasteiger partial charge is 0.507 e. The fourth-order valence-electron chi connectivity index (χ4n) is 3.82. The van der Waals surface area contributed by atoms with Gasteiger partial charge in [-0.25, -0.2) is 0 Å². The minimum atomic E-state index is -0.800. The zero-order valence-electron chi connectivity index (χ0n) is 19.0. The molecule has 1 saturated heterocycles. The second-order valence-electron chi connectivity index (χ2n) is 8.23. The average molecular weight is 473 g/mol. The van der Waals surface area contributed by atoms with Gasteiger partial charge in [0.05, 0.1) is 23.8 Å². The molecule has 176 valence electrons. The van der Waals surface area contributed by atoms with Crippen molar-refractivity contribution in [1.29, 1.82) is 0 Å². The molecule has 0 aliphatic carbocycles. The van der Waals surface area contributed by atoms with Gasteiger partial charge in [0, 0.05) is 11.6 Å². The van der Waals surface area contributed by atoms with E-state index in [0.29, 0.717) is 30.9 Å². The van der Waals surface area contributed by atoms with E-state index in [4.69, 9.17) is 16.3 Å². The molecule has 3 rings (SSSR count). The lowest BCUT2D eigenvalue weighted by molar-refractivity contribution is -0.139. The Morgan fingerprint density at radius 3 is 2.48 bits per heavy atom. The van der Waals surface area contributed by atoms with Crippen molar-refractivity contribution in [2.75, 3.05) is 33.8 Å². The number of phenolic OH excluding ortho intramolecular Hbond substituents is 1. The topological polar surface area (TPSA) is 90.3 Å². The predicted octanol–water partition coefficient (Wildman–Crippen LogP) is 4.21. The second-order valence-corrected chi connectivity index (χ2v) is 8.66. The Morgan fingerprint density at radius 2 is 1.85 bits per heavy atom. The Bertz CT molecular complexity index is 1050. The molecule has 1 aliphatic rings. The number of carbonyl (C=O) groups is 2. The molecule has 0 radical (unpaired) electrons. The van der Waals surface area contributed by atoms with Gasteiger partial charge in [-0.15, -0.1) is 0 Å². The molecule has 2 aromatic rings. The number of nitrogens with zero attached hydrogens (tertiary/aromatic N) is 2. The van der Waals surface area contributed by atoms with Gasteiger partial charge >= 0.3 is 0 Å². The normalized spacial score (nSPS) is 17.7. The van der Waals surface area contributed by atoms with Crippen molar-refractivity contribution in [2.45, 2.75) is 25.8 Å². The number of hydrogen-bond acceptors (Lipinski definition) is 6. The lowest BCUT2D eigenvalue weighted by Crippen LogP contribution is -2.32. The van der Waals surface area contributed by atoms with Gasteiger partial charge < -0.3 is 24.7 Å². The zero-order chi connectivity index (χ0) is 24.1. The SMILES string of the molecule is CCCOc1ccc([C@@H]2C(=C(O)c3cc(Cl)ccc3O)C(=O)C(=O)N2CCCN(C)C)cc1. The van der Waals surface area contributed by atoms with E-state index in [-0.39, 0.29) is 21.9 Å². The van der Waals surface area contributed by atoms with E-state index in [2.05, 4.69) is 0 Å². The van der Waals surface area contributed by atoms with Crippen LogP contribution in [-0.4, -0.2) is 65.5 Å². The van der Waals surface area contributed by atoms with Crippen LogP contribution in [0.3, 0.4) is 0 Å². The van der Waals surface area contributed by atoms with Gasteiger partial charge in [0.1, 0.15) is 17.3 Å². The number of likely N-dealkylation sites (tertiary alicyclic amines) is 1. The fourth-order valence-corrected chi connectivity index (χ4v) is 4.00. The van der Waals surface area contributed by atoms with Crippen LogP contribution in [0.2, 0.25) is 5.02 Å². The molecule has 2 N–H and O–H groups in total. The van der Waals surface area contributed by atoms with Crippen LogP contribution in [0, 0.1) is 0 Å². The van der Waals surface area contributed by atoms with E-state index in [1.807, 2.05) is 25.9 Å². The molecule has 0 aromatic heterocycles. The number of aliphatic hydroxyl groups is 1. The summed E-state index contributed by atoms with van der Waals surface area (Å²) in [6, 6.07) is 10.5. The number of aliphatic hydroxyl groups excluding tert-OH is 1. The summed E-state index contributed by atoms with van der Waals surface area (Å²) in [5, 5.41) is 21.6. The molecule has 0 spiro atoms. The first-order valence-corrected chi connectivity index (χ1v) is 11.3. The summed E-state index contributed by atoms with van der Waals surface area (Å²) in [5.41, 5.74) is 0.581. The van der Waals surface area contributed by atoms with E-state index < -0.39 is 23.5 Å². The number of carbonyl (C=O) groups excluding carboxylic acids is 2. The summed E-state index contributed by atoms with van der Waals surface area (Å²) in [4.78, 5) is 29.5. The van der Waals surface area contributed by atoms with Crippen LogP contribution in [0.4, 0.5) is 0 Å². The summed E-state index contributed by atoms with van der Waals surface area (Å²) in [7, 11) is 3.87. The van der Waals surface area contributed by atoms with Crippen LogP contribution in [0.25, 0.3) is 5.76 Å². The highest BCUT2D eigenvalue weighted by atomic mass is 35.5. The van der Waals surface area contributed by atoms with Gasteiger partial charge in [-0.1, -0.05) is 30.7 Å². The van der Waals surface area contributed by atoms with Gasteiger partial charge in [-0.05, 0) is 69.4 Å². The van der Waals surface area contributed by atoms with E-state index in [9.17, 15) is 19.8 Å². The van der Waals surface area contributed by atoms with Crippen LogP contribution in [0.5, 0.6) is 11.5 Å². The van der Waals surface area contributed by atoms with Gasteiger partial charge in [0.25, 0.3) is 11.7 Å². The van der Waals surface area contributed by atoms with Gasteiger partial charge in [0.15, 0.2) is 0 Å². The van der Waals surface area contributed by atoms with Crippen LogP contribution in [0.15, 0.2) is 48.0 Å². The van der Waals surface area contributed by atoms with Crippen LogP contribution in [0.1, 0.15) is 36.9 Å². The first-order chi connectivity index (χ1) is 15.7. The van der Waals surface area contributed by atoms with Crippen molar-refractivity contribution in [3.8, 4) is 11.5 Å². The minimum Gasteiger partial charge on any atom is -0.507 e. The third kappa shape index (κ3) is 5.49. The van der Waals surface area contributed by atoms with Crippen molar-refractivity contribution >= 4 is 29.1 Å². The molecule has 1 amide bonds. The van der Waals surface area contributed by atoms with Crippen molar-refractivity contribution < 1.29 is 24.5 Å². The molecule has 8 heteroatoms. The number of hydrogen-bond donors (Lipinski definition) is 2. The quantitative estimate of drug-likeness (QED) is 0.323. The van der Waals surface area contributed by atoms with E-state index in [1.165, 1.54) is 23.1 Å². The number of ether oxygens (including phenoxy) is 1. The third-order valence-electron chi connectivity index (χ3n) is 5.43. The van der Waals surface area contributed by atoms with Crippen LogP contribution >= 0.6 is 11.6 Å². The second kappa shape index (κ2) is 10.7. The van der Waals surface area contributed by atoms with Crippen LogP contribution in [-0.2, 0) is 9.59 Å². The van der Waals surface area contributed by atoms with E-state index in [0.717, 1.165) is 13.0 Å². The number of rotatable bonds is 9. The van der Waals surface area contributed by atoms with Crippen LogP contribution < -0.4 is 4.74 Å². The Hall–Kier alpha value is -3.03. The smallest absolute Gasteiger partial charge is 0.295 e. The van der Waals surface area contributed by atoms with Crippen molar-refractivity contribution in [3.63, 3.8) is 0 Å². The minimum absolute atomic E-state index is 0.00157. The number of aromatic hydroxyl groups is 1. The molecule has 2 aromatic carbocycles. The zero-order valence-corrected chi connectivity index (χ0v) is 19.8. The first kappa shape index (κ1) is 24.6. The molecule has 1 heterocycles. The summed E-state index contributed by atoms with van der Waals surface area (Å²) in [6.07, 6.45) is 1.52. The number of ketones is 1. The molecule has 1 fully saturated rings. The highest BCUT2D eigenvalue weighted by Gasteiger charge is 2.46. The molecule has 0 saturated carbocycles. The number of phenols is 1. The highest BCUT2D eigenvalue weighted by Crippen LogP contribution is 2.41. The fraction of sp³-hybridized carbons (Fsp3) is 0.360. The van der Waals surface area contributed by atoms with Crippen molar-refractivity contribution in [1.82, 2.24) is 9.80 Å². The molecular weight excluding hydrogens is 444 g/mol. The Kier molecular flexibility index (Phi) is 8.00. The van der Waals surface area contributed by atoms with Gasteiger partial charge in [0.2, 0.25) is 0 Å². The molecule has 0 unspecified atom stereocenters. The van der Waals surface area contributed by atoms with E-state index in [1.54, 1.807) is 24.3 Å². The number of Topliss-reactive ketones (excluding diaryl/α,β-unsaturated/α-hetero) is 1. The first-order valence-electron chi connectivity index (χ1n) is 10.9. The van der Waals surface area contributed by atoms with Crippen molar-refractivity contribution in [3.05, 3.63) is 64.2 Å². The monoisotopic (exact) mass is 472 g/mol. The standard InChI is InChI=1S/C25H29ClN2O5/c1-4-14-33-18-9-6-16(7-10-18)22-21(23(30)19-15-17(26)8-11-20(19)29)24(31)25(32)28(22)13-5-12-27(2)3/h6-11,15,22,29-30H,4-5,12-14H2,1-3H3/t22-/m1/s1. The predicted molar refractivity (Wildman–Crippen MR) is 128 cm³/mol. The molecule has 33 heavy (non-hydrogen) atoms. The number of amides is 1. The van der Waals surface area contributed by atoms with Gasteiger partial charge in [-0.2, -0.15) is 0 Å². The highest BCUT2D eigenvalue weighted by molar-refractivity contribution is 6.46. The maximum Gasteiger partial charge on any atom is 0.295 e. The lowest BCUT2D eigenvalue weighted by atomic mass is 9.95. The Balaban J connectivity index is 2.08. The Morgan fingerprint density at radius 1 is 1.15 bits per heavy atom.